The van der Waals surface area contributed by atoms with Gasteiger partial charge >= 0.3 is 0 Å². The largest absolute Gasteiger partial charge is 0.395 e. The van der Waals surface area contributed by atoms with Crippen LogP contribution in [0.5, 0.6) is 0 Å². The highest BCUT2D eigenvalue weighted by Crippen LogP contribution is 2.32. The van der Waals surface area contributed by atoms with E-state index in [1.54, 1.807) is 11.3 Å². The quantitative estimate of drug-likeness (QED) is 0.786. The lowest BCUT2D eigenvalue weighted by atomic mass is 10.2. The Hall–Kier alpha value is -1.33. The first kappa shape index (κ1) is 10.8. The second kappa shape index (κ2) is 4.50. The van der Waals surface area contributed by atoms with Gasteiger partial charge in [-0.05, 0) is 18.6 Å². The van der Waals surface area contributed by atoms with Crippen LogP contribution in [0.25, 0.3) is 10.2 Å². The molecule has 1 aliphatic rings. The van der Waals surface area contributed by atoms with Crippen molar-refractivity contribution in [2.24, 2.45) is 0 Å². The smallest absolute Gasteiger partial charge is 0.106 e. The molecule has 0 saturated carbocycles. The Labute approximate surface area is 104 Å². The van der Waals surface area contributed by atoms with E-state index < -0.39 is 0 Å². The summed E-state index contributed by atoms with van der Waals surface area (Å²) >= 11 is 1.63. The maximum atomic E-state index is 6.21. The predicted molar refractivity (Wildman–Crippen MR) is 71.7 cm³/mol. The molecule has 3 rings (SSSR count). The van der Waals surface area contributed by atoms with Gasteiger partial charge < -0.3 is 15.4 Å². The van der Waals surface area contributed by atoms with Crippen LogP contribution in [-0.4, -0.2) is 31.3 Å². The van der Waals surface area contributed by atoms with Gasteiger partial charge in [0.1, 0.15) is 5.52 Å². The molecule has 1 fully saturated rings. The second-order valence-corrected chi connectivity index (χ2v) is 5.04. The van der Waals surface area contributed by atoms with E-state index in [2.05, 4.69) is 22.0 Å². The van der Waals surface area contributed by atoms with Gasteiger partial charge in [-0.3, -0.25) is 0 Å². The zero-order valence-corrected chi connectivity index (χ0v) is 10.4. The summed E-state index contributed by atoms with van der Waals surface area (Å²) in [6.45, 7) is 3.52. The van der Waals surface area contributed by atoms with E-state index in [1.807, 2.05) is 5.51 Å². The Balaban J connectivity index is 2.00. The molecule has 1 aromatic carbocycles. The van der Waals surface area contributed by atoms with E-state index >= 15 is 0 Å². The molecule has 90 valence electrons. The molecule has 1 aromatic heterocycles. The fraction of sp³-hybridized carbons (Fsp3) is 0.417. The minimum atomic E-state index is 0.772. The number of hydrogen-bond donors (Lipinski definition) is 1. The number of benzene rings is 1. The minimum absolute atomic E-state index is 0.772. The van der Waals surface area contributed by atoms with Crippen molar-refractivity contribution in [3.05, 3.63) is 17.6 Å². The number of ether oxygens (including phenoxy) is 1. The Morgan fingerprint density at radius 1 is 1.29 bits per heavy atom. The third kappa shape index (κ3) is 1.96. The zero-order valence-electron chi connectivity index (χ0n) is 9.56. The number of anilines is 2. The van der Waals surface area contributed by atoms with E-state index in [0.717, 1.165) is 54.3 Å². The average molecular weight is 249 g/mol. The number of thiazole rings is 1. The van der Waals surface area contributed by atoms with Crippen LogP contribution >= 0.6 is 11.3 Å². The predicted octanol–water partition coefficient (Wildman–Crippen LogP) is 2.11. The standard InChI is InChI=1S/C12H15N3OS/c13-11-9(15-4-1-6-16-7-5-15)2-3-10-12(11)14-8-17-10/h2-3,8H,1,4-7,13H2. The molecule has 17 heavy (non-hydrogen) atoms. The van der Waals surface area contributed by atoms with Gasteiger partial charge in [0.25, 0.3) is 0 Å². The first-order valence-corrected chi connectivity index (χ1v) is 6.68. The lowest BCUT2D eigenvalue weighted by Crippen LogP contribution is -2.26. The zero-order chi connectivity index (χ0) is 11.7. The molecule has 0 amide bonds. The van der Waals surface area contributed by atoms with E-state index in [0.29, 0.717) is 0 Å². The number of hydrogen-bond acceptors (Lipinski definition) is 5. The molecule has 1 saturated heterocycles. The van der Waals surface area contributed by atoms with E-state index in [4.69, 9.17) is 10.5 Å². The summed E-state index contributed by atoms with van der Waals surface area (Å²) in [4.78, 5) is 6.63. The van der Waals surface area contributed by atoms with Crippen LogP contribution in [0.2, 0.25) is 0 Å². The van der Waals surface area contributed by atoms with Crippen molar-refractivity contribution < 1.29 is 4.74 Å². The Morgan fingerprint density at radius 3 is 3.18 bits per heavy atom. The lowest BCUT2D eigenvalue weighted by molar-refractivity contribution is 0.152. The summed E-state index contributed by atoms with van der Waals surface area (Å²) in [5.74, 6) is 0. The molecule has 2 heterocycles. The third-order valence-electron chi connectivity index (χ3n) is 3.08. The van der Waals surface area contributed by atoms with Crippen molar-refractivity contribution >= 4 is 32.9 Å². The van der Waals surface area contributed by atoms with Crippen LogP contribution in [0.15, 0.2) is 17.6 Å². The first-order chi connectivity index (χ1) is 8.36. The number of rotatable bonds is 1. The Morgan fingerprint density at radius 2 is 2.24 bits per heavy atom. The summed E-state index contributed by atoms with van der Waals surface area (Å²) in [5.41, 5.74) is 10.9. The minimum Gasteiger partial charge on any atom is -0.395 e. The number of nitrogens with zero attached hydrogens (tertiary/aromatic N) is 2. The number of fused-ring (bicyclic) bond motifs is 1. The number of aromatic nitrogens is 1. The van der Waals surface area contributed by atoms with Crippen molar-refractivity contribution in [3.8, 4) is 0 Å². The second-order valence-electron chi connectivity index (χ2n) is 4.15. The molecule has 0 spiro atoms. The van der Waals surface area contributed by atoms with Gasteiger partial charge in [0.05, 0.1) is 28.2 Å². The highest BCUT2D eigenvalue weighted by Gasteiger charge is 2.15. The lowest BCUT2D eigenvalue weighted by Gasteiger charge is -2.23. The van der Waals surface area contributed by atoms with Crippen molar-refractivity contribution in [1.29, 1.82) is 0 Å². The van der Waals surface area contributed by atoms with Gasteiger partial charge in [0, 0.05) is 19.7 Å². The molecule has 2 aromatic rings. The highest BCUT2D eigenvalue weighted by molar-refractivity contribution is 7.16. The van der Waals surface area contributed by atoms with E-state index in [-0.39, 0.29) is 0 Å². The van der Waals surface area contributed by atoms with Crippen LogP contribution < -0.4 is 10.6 Å². The Bertz CT molecular complexity index is 517. The van der Waals surface area contributed by atoms with Crippen LogP contribution in [-0.2, 0) is 4.74 Å². The molecule has 2 N–H and O–H groups in total. The number of nitrogens with two attached hydrogens (primary N) is 1. The SMILES string of the molecule is Nc1c(N2CCCOCC2)ccc2scnc12. The maximum Gasteiger partial charge on any atom is 0.106 e. The topological polar surface area (TPSA) is 51.4 Å². The van der Waals surface area contributed by atoms with Crippen molar-refractivity contribution in [3.63, 3.8) is 0 Å². The molecular weight excluding hydrogens is 234 g/mol. The third-order valence-corrected chi connectivity index (χ3v) is 3.88. The molecule has 5 heteroatoms. The van der Waals surface area contributed by atoms with Gasteiger partial charge in [0.15, 0.2) is 0 Å². The van der Waals surface area contributed by atoms with Crippen molar-refractivity contribution in [2.75, 3.05) is 36.9 Å². The monoisotopic (exact) mass is 249 g/mol. The summed E-state index contributed by atoms with van der Waals surface area (Å²) in [6, 6.07) is 4.20. The first-order valence-electron chi connectivity index (χ1n) is 5.80. The molecule has 0 unspecified atom stereocenters. The van der Waals surface area contributed by atoms with Gasteiger partial charge in [-0.1, -0.05) is 0 Å². The molecular formula is C12H15N3OS. The van der Waals surface area contributed by atoms with Gasteiger partial charge in [-0.15, -0.1) is 11.3 Å². The van der Waals surface area contributed by atoms with E-state index in [1.165, 1.54) is 0 Å². The van der Waals surface area contributed by atoms with Crippen molar-refractivity contribution in [1.82, 2.24) is 4.98 Å². The van der Waals surface area contributed by atoms with Crippen LogP contribution in [0.4, 0.5) is 11.4 Å². The summed E-state index contributed by atoms with van der Waals surface area (Å²) < 4.78 is 6.61. The normalized spacial score (nSPS) is 17.3. The van der Waals surface area contributed by atoms with Crippen molar-refractivity contribution in [2.45, 2.75) is 6.42 Å². The van der Waals surface area contributed by atoms with Gasteiger partial charge in [0.2, 0.25) is 0 Å². The van der Waals surface area contributed by atoms with E-state index in [9.17, 15) is 0 Å². The molecule has 0 radical (unpaired) electrons. The molecule has 4 nitrogen and oxygen atoms in total. The molecule has 0 atom stereocenters. The Kier molecular flexibility index (Phi) is 2.86. The fourth-order valence-electron chi connectivity index (χ4n) is 2.20. The fourth-order valence-corrected chi connectivity index (χ4v) is 2.90. The molecule has 0 bridgehead atoms. The van der Waals surface area contributed by atoms with Gasteiger partial charge in [-0.25, -0.2) is 4.98 Å². The average Bonchev–Trinajstić information content (AvgIpc) is 2.66. The molecule has 1 aliphatic heterocycles. The van der Waals surface area contributed by atoms with Crippen LogP contribution in [0.3, 0.4) is 0 Å². The highest BCUT2D eigenvalue weighted by atomic mass is 32.1. The van der Waals surface area contributed by atoms with Gasteiger partial charge in [-0.2, -0.15) is 0 Å². The molecule has 0 aliphatic carbocycles. The van der Waals surface area contributed by atoms with Crippen LogP contribution in [0.1, 0.15) is 6.42 Å². The summed E-state index contributed by atoms with van der Waals surface area (Å²) in [7, 11) is 0. The maximum absolute atomic E-state index is 6.21. The summed E-state index contributed by atoms with van der Waals surface area (Å²) in [6.07, 6.45) is 1.05. The van der Waals surface area contributed by atoms with Crippen LogP contribution in [0, 0.1) is 0 Å². The number of nitrogen functional groups attached to an aromatic ring is 1. The summed E-state index contributed by atoms with van der Waals surface area (Å²) in [5, 5.41) is 0.